The maximum Gasteiger partial charge on any atom is 0.248 e. The quantitative estimate of drug-likeness (QED) is 0.472. The summed E-state index contributed by atoms with van der Waals surface area (Å²) in [6.07, 6.45) is 3.25. The first-order valence-electron chi connectivity index (χ1n) is 8.12. The molecule has 28 heavy (non-hydrogen) atoms. The van der Waals surface area contributed by atoms with Crippen LogP contribution in [0.5, 0.6) is 5.75 Å². The van der Waals surface area contributed by atoms with Crippen LogP contribution >= 0.6 is 0 Å². The van der Waals surface area contributed by atoms with Gasteiger partial charge in [-0.15, -0.1) is 10.2 Å². The zero-order valence-electron chi connectivity index (χ0n) is 15.2. The van der Waals surface area contributed by atoms with Crippen molar-refractivity contribution in [3.05, 3.63) is 48.9 Å². The first-order chi connectivity index (χ1) is 13.5. The Labute approximate surface area is 160 Å². The van der Waals surface area contributed by atoms with E-state index in [9.17, 15) is 9.59 Å². The predicted octanol–water partition coefficient (Wildman–Crippen LogP) is 1.96. The summed E-state index contributed by atoms with van der Waals surface area (Å²) in [5, 5.41) is 17.5. The van der Waals surface area contributed by atoms with Gasteiger partial charge in [-0.25, -0.2) is 4.98 Å². The Morgan fingerprint density at radius 3 is 2.75 bits per heavy atom. The lowest BCUT2D eigenvalue weighted by atomic mass is 10.1. The summed E-state index contributed by atoms with van der Waals surface area (Å²) in [5.74, 6) is 0.698. The van der Waals surface area contributed by atoms with Gasteiger partial charge in [0.1, 0.15) is 12.0 Å². The van der Waals surface area contributed by atoms with Crippen molar-refractivity contribution in [2.45, 2.75) is 0 Å². The molecule has 0 aliphatic rings. The van der Waals surface area contributed by atoms with Gasteiger partial charge in [0.15, 0.2) is 23.7 Å². The van der Waals surface area contributed by atoms with Gasteiger partial charge in [-0.05, 0) is 18.2 Å². The predicted molar refractivity (Wildman–Crippen MR) is 103 cm³/mol. The monoisotopic (exact) mass is 379 g/mol. The molecule has 0 aliphatic carbocycles. The number of nitrogens with zero attached hydrogens (tertiary/aromatic N) is 5. The van der Waals surface area contributed by atoms with E-state index < -0.39 is 5.91 Å². The van der Waals surface area contributed by atoms with Gasteiger partial charge >= 0.3 is 0 Å². The maximum atomic E-state index is 11.5. The van der Waals surface area contributed by atoms with Crippen LogP contribution in [-0.2, 0) is 11.8 Å². The largest absolute Gasteiger partial charge is 0.494 e. The molecule has 10 nitrogen and oxygen atoms in total. The molecule has 0 radical (unpaired) electrons. The molecule has 1 aromatic carbocycles. The molecule has 0 aliphatic heterocycles. The molecule has 0 bridgehead atoms. The second-order valence-electron chi connectivity index (χ2n) is 5.59. The lowest BCUT2D eigenvalue weighted by Gasteiger charge is -2.15. The summed E-state index contributed by atoms with van der Waals surface area (Å²) in [7, 11) is 3.29. The molecule has 0 atom stereocenters. The van der Waals surface area contributed by atoms with Gasteiger partial charge < -0.3 is 15.4 Å². The van der Waals surface area contributed by atoms with Crippen LogP contribution in [0.2, 0.25) is 0 Å². The highest BCUT2D eigenvalue weighted by molar-refractivity contribution is 5.99. The minimum absolute atomic E-state index is 0.0695. The van der Waals surface area contributed by atoms with Crippen LogP contribution < -0.4 is 15.4 Å². The number of para-hydroxylation sites is 1. The van der Waals surface area contributed by atoms with Crippen molar-refractivity contribution in [1.82, 2.24) is 25.0 Å². The highest BCUT2D eigenvalue weighted by Crippen LogP contribution is 2.36. The third-order valence-electron chi connectivity index (χ3n) is 3.70. The van der Waals surface area contributed by atoms with Crippen molar-refractivity contribution >= 4 is 29.4 Å². The van der Waals surface area contributed by atoms with Gasteiger partial charge in [-0.2, -0.15) is 5.10 Å². The van der Waals surface area contributed by atoms with E-state index in [0.717, 1.165) is 6.08 Å². The smallest absolute Gasteiger partial charge is 0.248 e. The molecule has 0 spiro atoms. The van der Waals surface area contributed by atoms with E-state index in [4.69, 9.17) is 4.74 Å². The van der Waals surface area contributed by atoms with Gasteiger partial charge in [0, 0.05) is 13.1 Å². The Kier molecular flexibility index (Phi) is 5.40. The van der Waals surface area contributed by atoms with Crippen LogP contribution in [0.15, 0.2) is 43.2 Å². The fraction of sp³-hybridized carbons (Fsp3) is 0.111. The molecule has 3 aromatic rings. The van der Waals surface area contributed by atoms with Crippen molar-refractivity contribution in [3.8, 4) is 17.1 Å². The minimum Gasteiger partial charge on any atom is -0.494 e. The Bertz CT molecular complexity index is 1050. The van der Waals surface area contributed by atoms with Crippen molar-refractivity contribution in [2.75, 3.05) is 17.7 Å². The first-order valence-corrected chi connectivity index (χ1v) is 8.12. The third kappa shape index (κ3) is 3.85. The van der Waals surface area contributed by atoms with Crippen molar-refractivity contribution < 1.29 is 14.3 Å². The number of amides is 1. The van der Waals surface area contributed by atoms with Crippen LogP contribution in [-0.4, -0.2) is 44.3 Å². The molecular weight excluding hydrogens is 362 g/mol. The molecule has 0 unspecified atom stereocenters. The number of ether oxygens (including phenoxy) is 1. The number of carbonyl (C=O) groups excluding carboxylic acids is 2. The first kappa shape index (κ1) is 18.7. The number of hydrogen-bond donors (Lipinski definition) is 2. The molecule has 142 valence electrons. The fourth-order valence-corrected chi connectivity index (χ4v) is 2.47. The van der Waals surface area contributed by atoms with Crippen LogP contribution in [0.1, 0.15) is 10.5 Å². The summed E-state index contributed by atoms with van der Waals surface area (Å²) in [4.78, 5) is 27.1. The number of nitrogens with one attached hydrogen (secondary N) is 2. The summed E-state index contributed by atoms with van der Waals surface area (Å²) in [5.41, 5.74) is 1.64. The number of rotatable bonds is 7. The highest BCUT2D eigenvalue weighted by Gasteiger charge is 2.16. The van der Waals surface area contributed by atoms with Gasteiger partial charge in [0.2, 0.25) is 5.91 Å². The van der Waals surface area contributed by atoms with Crippen LogP contribution in [0.3, 0.4) is 0 Å². The van der Waals surface area contributed by atoms with E-state index in [1.165, 1.54) is 13.2 Å². The number of aromatic nitrogens is 5. The van der Waals surface area contributed by atoms with Crippen LogP contribution in [0, 0.1) is 0 Å². The number of aldehydes is 1. The van der Waals surface area contributed by atoms with Crippen molar-refractivity contribution in [2.24, 2.45) is 7.05 Å². The lowest BCUT2D eigenvalue weighted by Crippen LogP contribution is -2.11. The van der Waals surface area contributed by atoms with Crippen molar-refractivity contribution in [3.63, 3.8) is 0 Å². The minimum atomic E-state index is -0.445. The van der Waals surface area contributed by atoms with E-state index in [1.54, 1.807) is 30.2 Å². The second kappa shape index (κ2) is 8.08. The Balaban J connectivity index is 2.01. The van der Waals surface area contributed by atoms with E-state index in [0.29, 0.717) is 34.8 Å². The summed E-state index contributed by atoms with van der Waals surface area (Å²) < 4.78 is 7.12. The highest BCUT2D eigenvalue weighted by atomic mass is 16.5. The Morgan fingerprint density at radius 2 is 2.11 bits per heavy atom. The van der Waals surface area contributed by atoms with E-state index in [-0.39, 0.29) is 11.5 Å². The average Bonchev–Trinajstić information content (AvgIpc) is 3.14. The molecule has 0 saturated heterocycles. The Morgan fingerprint density at radius 1 is 1.29 bits per heavy atom. The SMILES string of the molecule is C=CC(=O)Nc1cc(Nc2cccc(-c3ncn(C)n3)c2OC)c(C=O)nn1. The molecule has 1 amide bonds. The number of methoxy groups -OCH3 is 1. The van der Waals surface area contributed by atoms with E-state index in [1.807, 2.05) is 6.07 Å². The summed E-state index contributed by atoms with van der Waals surface area (Å²) in [6.45, 7) is 3.38. The number of aryl methyl sites for hydroxylation is 1. The lowest BCUT2D eigenvalue weighted by molar-refractivity contribution is -0.111. The molecule has 10 heteroatoms. The maximum absolute atomic E-state index is 11.5. The van der Waals surface area contributed by atoms with Crippen LogP contribution in [0.25, 0.3) is 11.4 Å². The summed E-state index contributed by atoms with van der Waals surface area (Å²) in [6, 6.07) is 6.87. The number of hydrogen-bond acceptors (Lipinski definition) is 8. The molecule has 2 heterocycles. The number of anilines is 3. The van der Waals surface area contributed by atoms with E-state index in [2.05, 4.69) is 37.5 Å². The molecule has 3 rings (SSSR count). The molecule has 0 saturated carbocycles. The third-order valence-corrected chi connectivity index (χ3v) is 3.70. The zero-order valence-corrected chi connectivity index (χ0v) is 15.2. The fourth-order valence-electron chi connectivity index (χ4n) is 2.47. The molecule has 2 N–H and O–H groups in total. The number of carbonyl (C=O) groups is 2. The molecule has 0 fully saturated rings. The van der Waals surface area contributed by atoms with Crippen molar-refractivity contribution in [1.29, 1.82) is 0 Å². The van der Waals surface area contributed by atoms with Gasteiger partial charge in [0.25, 0.3) is 0 Å². The van der Waals surface area contributed by atoms with Gasteiger partial charge in [-0.3, -0.25) is 14.3 Å². The van der Waals surface area contributed by atoms with E-state index >= 15 is 0 Å². The summed E-state index contributed by atoms with van der Waals surface area (Å²) >= 11 is 0. The average molecular weight is 379 g/mol. The second-order valence-corrected chi connectivity index (χ2v) is 5.59. The standard InChI is InChI=1S/C18H17N7O3/c1-4-16(27)21-15-8-13(14(9-26)22-23-15)20-12-7-5-6-11(17(12)28-3)18-19-10-25(2)24-18/h4-10H,1H2,2-3H3,(H2,20,21,23,27). The topological polar surface area (TPSA) is 124 Å². The zero-order chi connectivity index (χ0) is 20.1. The Hall–Kier alpha value is -4.08. The molecule has 2 aromatic heterocycles. The van der Waals surface area contributed by atoms with Gasteiger partial charge in [-0.1, -0.05) is 12.6 Å². The number of benzene rings is 1. The molecular formula is C18H17N7O3. The van der Waals surface area contributed by atoms with Crippen LogP contribution in [0.4, 0.5) is 17.2 Å². The van der Waals surface area contributed by atoms with Gasteiger partial charge in [0.05, 0.1) is 24.0 Å². The normalized spacial score (nSPS) is 10.2.